The lowest BCUT2D eigenvalue weighted by Gasteiger charge is -2.53. The van der Waals surface area contributed by atoms with Crippen molar-refractivity contribution in [1.29, 1.82) is 0 Å². The largest absolute Gasteiger partial charge is 0.394 e. The predicted molar refractivity (Wildman–Crippen MR) is 386 cm³/mol. The summed E-state index contributed by atoms with van der Waals surface area (Å²) in [5.74, 6) is -6.05. The molecule has 0 bridgehead atoms. The predicted octanol–water partition coefficient (Wildman–Crippen LogP) is -0.148. The number of hydrogen-bond donors (Lipinski definition) is 19. The molecule has 0 aromatic rings. The van der Waals surface area contributed by atoms with Gasteiger partial charge in [0.1, 0.15) is 116 Å². The van der Waals surface area contributed by atoms with Crippen LogP contribution in [0.2, 0.25) is 0 Å². The van der Waals surface area contributed by atoms with Crippen LogP contribution in [0.1, 0.15) is 227 Å². The van der Waals surface area contributed by atoms with Gasteiger partial charge in [0.2, 0.25) is 23.5 Å². The number of unbranched alkanes of at least 4 members (excludes halogenated alkanes) is 25. The quantitative estimate of drug-likeness (QED) is 0.0278. The Balaban J connectivity index is 1.41. The molecule has 33 nitrogen and oxygen atoms in total. The number of hydrogen-bond acceptors (Lipinski definition) is 30. The highest BCUT2D eigenvalue weighted by Gasteiger charge is 2.62. The van der Waals surface area contributed by atoms with Gasteiger partial charge in [-0.25, -0.2) is 0 Å². The molecule has 3 amide bonds. The SMILES string of the molecule is CCCCCCCCCCCCC/C=C/[C@H](O)[C@@H](CO[C@@H]1OC(CO)[C@@H](O[C@@H]2OC(CO)[C@H](O[C@@H]3OC(CO)[C@H](O)C(O[C@@H]4OC(CO)[C@H](O)C(O)[C@@H]4O)[C@@H]3NC(C)=O)C(O[C@]3(C(=O)CC)C[C@@H](O)[C@@H](NC(C)=O)C([C@H](O)[C@H](O)CO)O3)[C@@H]2O)C(O)[C@@H]1O)NC(=O)CCCCCCCCCCCCCCCCC. The van der Waals surface area contributed by atoms with Crippen molar-refractivity contribution >= 4 is 23.5 Å². The van der Waals surface area contributed by atoms with Gasteiger partial charge >= 0.3 is 0 Å². The van der Waals surface area contributed by atoms with E-state index in [1.165, 1.54) is 116 Å². The second-order valence-electron chi connectivity index (χ2n) is 29.7. The monoisotopic (exact) mass is 1560 g/mol. The van der Waals surface area contributed by atoms with Crippen molar-refractivity contribution in [2.75, 3.05) is 39.6 Å². The molecule has 0 aromatic heterocycles. The third kappa shape index (κ3) is 29.3. The normalized spacial score (nSPS) is 34.4. The van der Waals surface area contributed by atoms with Gasteiger partial charge in [-0.3, -0.25) is 19.2 Å². The molecule has 0 radical (unpaired) electrons. The van der Waals surface area contributed by atoms with Gasteiger partial charge in [-0.1, -0.05) is 187 Å². The molecule has 5 aliphatic rings. The smallest absolute Gasteiger partial charge is 0.232 e. The van der Waals surface area contributed by atoms with Crippen LogP contribution < -0.4 is 16.0 Å². The van der Waals surface area contributed by atoms with Crippen molar-refractivity contribution < 1.29 is 148 Å². The molecule has 28 atom stereocenters. The van der Waals surface area contributed by atoms with E-state index in [-0.39, 0.29) is 12.3 Å². The molecule has 19 N–H and O–H groups in total. The zero-order valence-electron chi connectivity index (χ0n) is 64.1. The molecular weight excluding hydrogens is 1420 g/mol. The second-order valence-corrected chi connectivity index (χ2v) is 29.7. The first kappa shape index (κ1) is 95.4. The van der Waals surface area contributed by atoms with Crippen LogP contribution in [-0.4, -0.2) is 316 Å². The minimum Gasteiger partial charge on any atom is -0.394 e. The summed E-state index contributed by atoms with van der Waals surface area (Å²) >= 11 is 0. The molecular formula is C75H135N3O30. The summed E-state index contributed by atoms with van der Waals surface area (Å²) in [6.45, 7) is 1.97. The number of rotatable bonds is 53. The highest BCUT2D eigenvalue weighted by molar-refractivity contribution is 5.86. The van der Waals surface area contributed by atoms with E-state index in [2.05, 4.69) is 29.8 Å². The summed E-state index contributed by atoms with van der Waals surface area (Å²) in [5, 5.41) is 187. The third-order valence-electron chi connectivity index (χ3n) is 21.0. The van der Waals surface area contributed by atoms with Crippen molar-refractivity contribution in [3.05, 3.63) is 12.2 Å². The standard InChI is InChI=1S/C75H135N3O30/c1-6-9-11-13-15-17-19-21-22-24-26-28-30-32-34-36-55(90)78-46(47(86)35-33-31-29-27-25-23-20-18-16-14-12-10-7-2)43-99-72-64(97)62(95)66(52(41-82)102-72)104-74-65(98)70(108-75(54(89)8-3)37-48(87)56(76-44(4)84)69(107-75)58(91)49(88)38-79)67(53(42-83)103-74)105-71-57(77-45(5)85)68(60(93)51(40-81)100-71)106-73-63(96)61(94)59(92)50(39-80)101-73/h33,35,46-53,56-74,79-83,86-88,91-98H,6-32,34,36-43H2,1-5H3,(H,76,84)(H,77,85)(H,78,90)/b35-33+/t46-,47+,48-,49-,50?,51?,52?,53?,56-,57+,58-,59+,60+,61?,62?,63+,64+,65+,66-,67+,68?,69?,70?,71+,72-,73+,74+,75+/m1/s1. The highest BCUT2D eigenvalue weighted by atomic mass is 16.8. The third-order valence-corrected chi connectivity index (χ3v) is 21.0. The van der Waals surface area contributed by atoms with Gasteiger partial charge < -0.3 is 145 Å². The van der Waals surface area contributed by atoms with Gasteiger partial charge in [0.05, 0.1) is 63.9 Å². The number of aliphatic hydroxyl groups excluding tert-OH is 16. The Morgan fingerprint density at radius 1 is 0.481 bits per heavy atom. The number of allylic oxidation sites excluding steroid dienone is 1. The highest BCUT2D eigenvalue weighted by Crippen LogP contribution is 2.42. The summed E-state index contributed by atoms with van der Waals surface area (Å²) in [5.41, 5.74) is 0. The van der Waals surface area contributed by atoms with Crippen LogP contribution in [0, 0.1) is 0 Å². The maximum Gasteiger partial charge on any atom is 0.232 e. The Bertz CT molecular complexity index is 2520. The average molecular weight is 1560 g/mol. The minimum absolute atomic E-state index is 0.147. The molecule has 5 rings (SSSR count). The fourth-order valence-corrected chi connectivity index (χ4v) is 14.6. The zero-order valence-corrected chi connectivity index (χ0v) is 64.1. The molecule has 33 heteroatoms. The number of Topliss-reactive ketones (excluding diaryl/α,β-unsaturated/α-hetero) is 1. The van der Waals surface area contributed by atoms with Crippen LogP contribution in [0.4, 0.5) is 0 Å². The van der Waals surface area contributed by atoms with Gasteiger partial charge in [0.25, 0.3) is 0 Å². The fraction of sp³-hybridized carbons (Fsp3) is 0.920. The summed E-state index contributed by atoms with van der Waals surface area (Å²) in [7, 11) is 0. The lowest BCUT2D eigenvalue weighted by atomic mass is 9.86. The van der Waals surface area contributed by atoms with Gasteiger partial charge in [0, 0.05) is 33.1 Å². The molecule has 5 heterocycles. The van der Waals surface area contributed by atoms with Crippen LogP contribution in [0.25, 0.3) is 0 Å². The van der Waals surface area contributed by atoms with Crippen LogP contribution in [-0.2, 0) is 66.5 Å². The first-order valence-corrected chi connectivity index (χ1v) is 39.9. The molecule has 0 saturated carbocycles. The Labute approximate surface area is 635 Å². The van der Waals surface area contributed by atoms with Gasteiger partial charge in [-0.05, 0) is 19.3 Å². The summed E-state index contributed by atoms with van der Waals surface area (Å²) in [6.07, 6.45) is -15.3. The van der Waals surface area contributed by atoms with E-state index in [0.29, 0.717) is 12.8 Å². The van der Waals surface area contributed by atoms with Crippen molar-refractivity contribution in [1.82, 2.24) is 16.0 Å². The van der Waals surface area contributed by atoms with Crippen molar-refractivity contribution in [2.45, 2.75) is 398 Å². The first-order valence-electron chi connectivity index (χ1n) is 39.9. The number of aliphatic hydroxyl groups is 16. The Hall–Kier alpha value is -3.22. The average Bonchev–Trinajstić information content (AvgIpc) is 0.745. The molecule has 9 unspecified atom stereocenters. The number of nitrogens with one attached hydrogen (secondary N) is 3. The number of ether oxygens (including phenoxy) is 10. The van der Waals surface area contributed by atoms with E-state index in [1.54, 1.807) is 6.08 Å². The minimum atomic E-state index is -2.93. The topological polar surface area (TPSA) is 520 Å². The van der Waals surface area contributed by atoms with Crippen LogP contribution in [0.3, 0.4) is 0 Å². The molecule has 0 aromatic carbocycles. The van der Waals surface area contributed by atoms with Gasteiger partial charge in [0.15, 0.2) is 30.9 Å². The molecule has 0 spiro atoms. The van der Waals surface area contributed by atoms with E-state index in [1.807, 2.05) is 6.08 Å². The molecule has 108 heavy (non-hydrogen) atoms. The molecule has 0 aliphatic carbocycles. The van der Waals surface area contributed by atoms with E-state index >= 15 is 0 Å². The second kappa shape index (κ2) is 50.9. The molecule has 630 valence electrons. The van der Waals surface area contributed by atoms with Crippen molar-refractivity contribution in [3.8, 4) is 0 Å². The fourth-order valence-electron chi connectivity index (χ4n) is 14.6. The van der Waals surface area contributed by atoms with Crippen LogP contribution in [0.15, 0.2) is 12.2 Å². The van der Waals surface area contributed by atoms with E-state index < -0.39 is 241 Å². The van der Waals surface area contributed by atoms with E-state index in [4.69, 9.17) is 47.4 Å². The summed E-state index contributed by atoms with van der Waals surface area (Å²) in [4.78, 5) is 54.0. The van der Waals surface area contributed by atoms with Crippen molar-refractivity contribution in [2.24, 2.45) is 0 Å². The molecule has 5 saturated heterocycles. The Kier molecular flexibility index (Phi) is 44.9. The Morgan fingerprint density at radius 3 is 1.44 bits per heavy atom. The van der Waals surface area contributed by atoms with Crippen LogP contribution in [0.5, 0.6) is 0 Å². The number of carbonyl (C=O) groups is 4. The van der Waals surface area contributed by atoms with Gasteiger partial charge in [-0.2, -0.15) is 0 Å². The summed E-state index contributed by atoms with van der Waals surface area (Å²) < 4.78 is 61.3. The molecule has 5 fully saturated rings. The zero-order chi connectivity index (χ0) is 79.5. The maximum atomic E-state index is 14.6. The summed E-state index contributed by atoms with van der Waals surface area (Å²) in [6, 6.07) is -4.63. The van der Waals surface area contributed by atoms with E-state index in [9.17, 15) is 101 Å². The number of ketones is 1. The maximum absolute atomic E-state index is 14.6. The number of carbonyl (C=O) groups excluding carboxylic acids is 4. The number of amides is 3. The van der Waals surface area contributed by atoms with Crippen LogP contribution >= 0.6 is 0 Å². The Morgan fingerprint density at radius 2 is 0.926 bits per heavy atom. The van der Waals surface area contributed by atoms with Crippen molar-refractivity contribution in [3.63, 3.8) is 0 Å². The van der Waals surface area contributed by atoms with E-state index in [0.717, 1.165) is 65.2 Å². The lowest BCUT2D eigenvalue weighted by Crippen LogP contribution is -2.72. The lowest BCUT2D eigenvalue weighted by molar-refractivity contribution is -0.401. The first-order chi connectivity index (χ1) is 51.8. The molecule has 5 aliphatic heterocycles. The van der Waals surface area contributed by atoms with Gasteiger partial charge in [-0.15, -0.1) is 0 Å².